The summed E-state index contributed by atoms with van der Waals surface area (Å²) < 4.78 is 2.03. The lowest BCUT2D eigenvalue weighted by Crippen LogP contribution is -2.40. The van der Waals surface area contributed by atoms with Crippen molar-refractivity contribution in [2.75, 3.05) is 12.3 Å². The standard InChI is InChI=1S/C24H27ClN4O2S/c1-16(2)12-13-26-23(31)28-22(30)15-32-24-27-14-21(18-8-10-19(25)11-9-18)29(24)20-7-5-4-6-17(20)3/h4-11,14,16H,12-13,15H2,1-3H3,(H2,26,28,30,31). The first kappa shape index (κ1) is 23.9. The van der Waals surface area contributed by atoms with Gasteiger partial charge in [0.05, 0.1) is 23.3 Å². The summed E-state index contributed by atoms with van der Waals surface area (Å²) in [6.07, 6.45) is 2.65. The average molecular weight is 471 g/mol. The zero-order chi connectivity index (χ0) is 23.1. The zero-order valence-electron chi connectivity index (χ0n) is 18.4. The lowest BCUT2D eigenvalue weighted by molar-refractivity contribution is -0.117. The topological polar surface area (TPSA) is 76.0 Å². The van der Waals surface area contributed by atoms with Gasteiger partial charge in [0.15, 0.2) is 5.16 Å². The van der Waals surface area contributed by atoms with Gasteiger partial charge in [-0.3, -0.25) is 14.7 Å². The molecule has 0 saturated heterocycles. The third kappa shape index (κ3) is 6.37. The lowest BCUT2D eigenvalue weighted by Gasteiger charge is -2.14. The molecule has 0 aliphatic rings. The molecule has 3 aromatic rings. The van der Waals surface area contributed by atoms with Crippen molar-refractivity contribution < 1.29 is 9.59 Å². The number of rotatable bonds is 8. The summed E-state index contributed by atoms with van der Waals surface area (Å²) in [6.45, 7) is 6.72. The van der Waals surface area contributed by atoms with Crippen molar-refractivity contribution in [2.45, 2.75) is 32.3 Å². The molecule has 0 spiro atoms. The summed E-state index contributed by atoms with van der Waals surface area (Å²) in [5.41, 5.74) is 3.91. The van der Waals surface area contributed by atoms with Gasteiger partial charge in [-0.05, 0) is 43.0 Å². The van der Waals surface area contributed by atoms with Crippen LogP contribution in [0.25, 0.3) is 16.9 Å². The van der Waals surface area contributed by atoms with Gasteiger partial charge in [0.2, 0.25) is 5.91 Å². The second-order valence-corrected chi connectivity index (χ2v) is 9.21. The quantitative estimate of drug-likeness (QED) is 0.428. The van der Waals surface area contributed by atoms with E-state index < -0.39 is 6.03 Å². The van der Waals surface area contributed by atoms with Crippen LogP contribution >= 0.6 is 23.4 Å². The van der Waals surface area contributed by atoms with Crippen LogP contribution in [0, 0.1) is 12.8 Å². The number of imide groups is 1. The number of urea groups is 1. The predicted octanol–water partition coefficient (Wildman–Crippen LogP) is 5.47. The minimum Gasteiger partial charge on any atom is -0.338 e. The van der Waals surface area contributed by atoms with E-state index in [1.165, 1.54) is 11.8 Å². The molecule has 3 amide bonds. The lowest BCUT2D eigenvalue weighted by atomic mass is 10.1. The van der Waals surface area contributed by atoms with E-state index in [1.807, 2.05) is 60.0 Å². The maximum atomic E-state index is 12.3. The maximum Gasteiger partial charge on any atom is 0.321 e. The first-order valence-corrected chi connectivity index (χ1v) is 11.8. The van der Waals surface area contributed by atoms with E-state index in [2.05, 4.69) is 29.5 Å². The molecule has 2 aromatic carbocycles. The van der Waals surface area contributed by atoms with Crippen LogP contribution in [0.2, 0.25) is 5.02 Å². The highest BCUT2D eigenvalue weighted by molar-refractivity contribution is 7.99. The molecule has 168 valence electrons. The highest BCUT2D eigenvalue weighted by atomic mass is 35.5. The number of aromatic nitrogens is 2. The minimum atomic E-state index is -0.472. The fourth-order valence-corrected chi connectivity index (χ4v) is 4.03. The number of benzene rings is 2. The Hall–Kier alpha value is -2.77. The monoisotopic (exact) mass is 470 g/mol. The maximum absolute atomic E-state index is 12.3. The van der Waals surface area contributed by atoms with Crippen molar-refractivity contribution in [3.05, 3.63) is 65.3 Å². The highest BCUT2D eigenvalue weighted by Gasteiger charge is 2.17. The second-order valence-electron chi connectivity index (χ2n) is 7.83. The summed E-state index contributed by atoms with van der Waals surface area (Å²) in [6, 6.07) is 15.1. The number of hydrogen-bond donors (Lipinski definition) is 2. The van der Waals surface area contributed by atoms with Gasteiger partial charge >= 0.3 is 6.03 Å². The molecule has 1 aromatic heterocycles. The Morgan fingerprint density at radius 2 is 1.84 bits per heavy atom. The van der Waals surface area contributed by atoms with Gasteiger partial charge in [0.25, 0.3) is 0 Å². The Kier molecular flexibility index (Phi) is 8.36. The third-order valence-corrected chi connectivity index (χ3v) is 6.02. The van der Waals surface area contributed by atoms with Crippen LogP contribution < -0.4 is 10.6 Å². The van der Waals surface area contributed by atoms with E-state index in [9.17, 15) is 9.59 Å². The molecule has 0 bridgehead atoms. The summed E-state index contributed by atoms with van der Waals surface area (Å²) in [5, 5.41) is 6.41. The van der Waals surface area contributed by atoms with Crippen molar-refractivity contribution in [3.63, 3.8) is 0 Å². The number of imidazole rings is 1. The predicted molar refractivity (Wildman–Crippen MR) is 130 cm³/mol. The Balaban J connectivity index is 1.77. The molecule has 0 radical (unpaired) electrons. The van der Waals surface area contributed by atoms with Crippen molar-refractivity contribution in [1.29, 1.82) is 0 Å². The highest BCUT2D eigenvalue weighted by Crippen LogP contribution is 2.31. The molecular formula is C24H27ClN4O2S. The Labute approximate surface area is 197 Å². The van der Waals surface area contributed by atoms with Crippen molar-refractivity contribution in [1.82, 2.24) is 20.2 Å². The van der Waals surface area contributed by atoms with Crippen LogP contribution in [-0.2, 0) is 4.79 Å². The second kappa shape index (κ2) is 11.2. The van der Waals surface area contributed by atoms with E-state index in [-0.39, 0.29) is 11.7 Å². The number of carbonyl (C=O) groups is 2. The molecule has 2 N–H and O–H groups in total. The summed E-state index contributed by atoms with van der Waals surface area (Å²) >= 11 is 7.34. The Bertz CT molecular complexity index is 1080. The number of amides is 3. The van der Waals surface area contributed by atoms with E-state index in [1.54, 1.807) is 6.20 Å². The van der Waals surface area contributed by atoms with Crippen LogP contribution in [0.3, 0.4) is 0 Å². The van der Waals surface area contributed by atoms with Crippen molar-refractivity contribution in [2.24, 2.45) is 5.92 Å². The molecule has 0 fully saturated rings. The smallest absolute Gasteiger partial charge is 0.321 e. The number of nitrogens with one attached hydrogen (secondary N) is 2. The first-order chi connectivity index (χ1) is 15.3. The van der Waals surface area contributed by atoms with Gasteiger partial charge in [-0.2, -0.15) is 0 Å². The third-order valence-electron chi connectivity index (χ3n) is 4.82. The van der Waals surface area contributed by atoms with E-state index in [4.69, 9.17) is 11.6 Å². The average Bonchev–Trinajstić information content (AvgIpc) is 3.16. The number of nitrogens with zero attached hydrogens (tertiary/aromatic N) is 2. The Morgan fingerprint density at radius 3 is 2.53 bits per heavy atom. The van der Waals surface area contributed by atoms with E-state index in [0.29, 0.717) is 22.6 Å². The van der Waals surface area contributed by atoms with Crippen molar-refractivity contribution in [3.8, 4) is 16.9 Å². The molecule has 0 saturated carbocycles. The van der Waals surface area contributed by atoms with Gasteiger partial charge in [-0.15, -0.1) is 0 Å². The normalized spacial score (nSPS) is 10.9. The molecule has 0 aliphatic heterocycles. The number of aryl methyl sites for hydroxylation is 1. The van der Waals surface area contributed by atoms with E-state index >= 15 is 0 Å². The molecule has 3 rings (SSSR count). The molecule has 32 heavy (non-hydrogen) atoms. The summed E-state index contributed by atoms with van der Waals surface area (Å²) in [7, 11) is 0. The van der Waals surface area contributed by atoms with Gasteiger partial charge in [0, 0.05) is 17.1 Å². The van der Waals surface area contributed by atoms with Gasteiger partial charge in [-0.25, -0.2) is 9.78 Å². The number of carbonyl (C=O) groups excluding carboxylic acids is 2. The van der Waals surface area contributed by atoms with Gasteiger partial charge in [-0.1, -0.05) is 67.5 Å². The fraction of sp³-hybridized carbons (Fsp3) is 0.292. The number of thioether (sulfide) groups is 1. The molecule has 0 unspecified atom stereocenters. The van der Waals surface area contributed by atoms with Gasteiger partial charge in [0.1, 0.15) is 0 Å². The zero-order valence-corrected chi connectivity index (χ0v) is 20.0. The number of para-hydroxylation sites is 1. The molecule has 6 nitrogen and oxygen atoms in total. The van der Waals surface area contributed by atoms with Crippen LogP contribution in [0.15, 0.2) is 59.9 Å². The summed E-state index contributed by atoms with van der Waals surface area (Å²) in [4.78, 5) is 28.8. The van der Waals surface area contributed by atoms with Crippen LogP contribution in [-0.4, -0.2) is 33.8 Å². The summed E-state index contributed by atoms with van der Waals surface area (Å²) in [5.74, 6) is 0.182. The van der Waals surface area contributed by atoms with Crippen LogP contribution in [0.1, 0.15) is 25.8 Å². The van der Waals surface area contributed by atoms with Gasteiger partial charge < -0.3 is 5.32 Å². The molecule has 0 atom stereocenters. The van der Waals surface area contributed by atoms with Crippen LogP contribution in [0.5, 0.6) is 0 Å². The van der Waals surface area contributed by atoms with Crippen LogP contribution in [0.4, 0.5) is 4.79 Å². The molecular weight excluding hydrogens is 444 g/mol. The molecule has 8 heteroatoms. The Morgan fingerprint density at radius 1 is 1.12 bits per heavy atom. The SMILES string of the molecule is Cc1ccccc1-n1c(-c2ccc(Cl)cc2)cnc1SCC(=O)NC(=O)NCCC(C)C. The minimum absolute atomic E-state index is 0.0700. The largest absolute Gasteiger partial charge is 0.338 e. The van der Waals surface area contributed by atoms with Crippen molar-refractivity contribution >= 4 is 35.3 Å². The fourth-order valence-electron chi connectivity index (χ4n) is 3.12. The first-order valence-electron chi connectivity index (χ1n) is 10.5. The molecule has 1 heterocycles. The molecule has 0 aliphatic carbocycles. The number of hydrogen-bond acceptors (Lipinski definition) is 4. The number of halogens is 1. The van der Waals surface area contributed by atoms with E-state index in [0.717, 1.165) is 28.9 Å².